The van der Waals surface area contributed by atoms with Gasteiger partial charge in [0.1, 0.15) is 5.82 Å². The summed E-state index contributed by atoms with van der Waals surface area (Å²) in [6.07, 6.45) is -0.985. The first-order valence-electron chi connectivity index (χ1n) is 7.09. The molecule has 0 fully saturated rings. The van der Waals surface area contributed by atoms with E-state index in [0.29, 0.717) is 16.7 Å². The van der Waals surface area contributed by atoms with E-state index in [1.807, 2.05) is 6.07 Å². The molecule has 1 heterocycles. The van der Waals surface area contributed by atoms with Gasteiger partial charge < -0.3 is 9.52 Å². The molecular formula is C17H12FN3O3. The number of aliphatic hydroxyl groups is 1. The molecule has 0 saturated carbocycles. The first kappa shape index (κ1) is 15.6. The first-order chi connectivity index (χ1) is 11.6. The molecule has 0 bridgehead atoms. The van der Waals surface area contributed by atoms with E-state index in [-0.39, 0.29) is 12.4 Å². The van der Waals surface area contributed by atoms with E-state index in [2.05, 4.69) is 5.10 Å². The Kier molecular flexibility index (Phi) is 4.22. The molecular weight excluding hydrogens is 313 g/mol. The van der Waals surface area contributed by atoms with E-state index in [1.54, 1.807) is 24.3 Å². The lowest BCUT2D eigenvalue weighted by atomic mass is 10.1. The Hall–Kier alpha value is -3.24. The Labute approximate surface area is 136 Å². The number of benzene rings is 2. The van der Waals surface area contributed by atoms with Gasteiger partial charge in [-0.25, -0.2) is 9.18 Å². The molecule has 0 spiro atoms. The van der Waals surface area contributed by atoms with Gasteiger partial charge in [-0.15, -0.1) is 5.10 Å². The van der Waals surface area contributed by atoms with Crippen LogP contribution in [0, 0.1) is 17.1 Å². The minimum atomic E-state index is -0.985. The normalized spacial score (nSPS) is 11.9. The maximum atomic E-state index is 12.9. The Morgan fingerprint density at radius 3 is 2.50 bits per heavy atom. The third-order valence-corrected chi connectivity index (χ3v) is 3.47. The summed E-state index contributed by atoms with van der Waals surface area (Å²) in [5.41, 5.74) is 1.48. The van der Waals surface area contributed by atoms with Crippen molar-refractivity contribution in [3.63, 3.8) is 0 Å². The summed E-state index contributed by atoms with van der Waals surface area (Å²) in [5, 5.41) is 23.0. The van der Waals surface area contributed by atoms with Crippen LogP contribution in [0.1, 0.15) is 17.2 Å². The van der Waals surface area contributed by atoms with Crippen LogP contribution in [0.25, 0.3) is 11.5 Å². The second-order valence-electron chi connectivity index (χ2n) is 5.11. The van der Waals surface area contributed by atoms with Crippen LogP contribution in [-0.2, 0) is 6.54 Å². The van der Waals surface area contributed by atoms with Gasteiger partial charge in [-0.3, -0.25) is 0 Å². The zero-order valence-corrected chi connectivity index (χ0v) is 12.4. The maximum Gasteiger partial charge on any atom is 0.437 e. The summed E-state index contributed by atoms with van der Waals surface area (Å²) in [6.45, 7) is -0.102. The molecule has 7 heteroatoms. The molecule has 1 atom stereocenters. The summed E-state index contributed by atoms with van der Waals surface area (Å²) in [6, 6.07) is 13.7. The van der Waals surface area contributed by atoms with Crippen molar-refractivity contribution in [3.05, 3.63) is 76.0 Å². The highest BCUT2D eigenvalue weighted by molar-refractivity contribution is 5.51. The minimum Gasteiger partial charge on any atom is -0.388 e. The molecule has 1 unspecified atom stereocenters. The second-order valence-corrected chi connectivity index (χ2v) is 5.11. The fourth-order valence-corrected chi connectivity index (χ4v) is 2.18. The molecule has 0 aliphatic carbocycles. The zero-order chi connectivity index (χ0) is 17.1. The summed E-state index contributed by atoms with van der Waals surface area (Å²) < 4.78 is 19.0. The lowest BCUT2D eigenvalue weighted by molar-refractivity contribution is 0.148. The standard InChI is InChI=1S/C17H12FN3O3/c18-14-7-5-13(6-8-14)16-20-21(17(23)24-16)10-15(22)12-3-1-11(9-19)2-4-12/h1-8,15,22H,10H2. The number of rotatable bonds is 4. The Bertz CT molecular complexity index is 937. The van der Waals surface area contributed by atoms with Crippen LogP contribution in [-0.4, -0.2) is 14.9 Å². The first-order valence-corrected chi connectivity index (χ1v) is 7.09. The van der Waals surface area contributed by atoms with E-state index in [1.165, 1.54) is 24.3 Å². The number of nitrogens with zero attached hydrogens (tertiary/aromatic N) is 3. The number of hydrogen-bond acceptors (Lipinski definition) is 5. The van der Waals surface area contributed by atoms with Gasteiger partial charge in [0.2, 0.25) is 5.89 Å². The van der Waals surface area contributed by atoms with Crippen LogP contribution in [0.3, 0.4) is 0 Å². The highest BCUT2D eigenvalue weighted by Gasteiger charge is 2.15. The average Bonchev–Trinajstić information content (AvgIpc) is 2.96. The van der Waals surface area contributed by atoms with Crippen molar-refractivity contribution in [1.29, 1.82) is 5.26 Å². The Morgan fingerprint density at radius 2 is 1.88 bits per heavy atom. The number of halogens is 1. The van der Waals surface area contributed by atoms with Crippen molar-refractivity contribution in [2.45, 2.75) is 12.6 Å². The van der Waals surface area contributed by atoms with Gasteiger partial charge in [0, 0.05) is 5.56 Å². The summed E-state index contributed by atoms with van der Waals surface area (Å²) in [7, 11) is 0. The van der Waals surface area contributed by atoms with Crippen molar-refractivity contribution < 1.29 is 13.9 Å². The van der Waals surface area contributed by atoms with Crippen molar-refractivity contribution in [2.75, 3.05) is 0 Å². The van der Waals surface area contributed by atoms with E-state index in [9.17, 15) is 14.3 Å². The number of hydrogen-bond donors (Lipinski definition) is 1. The van der Waals surface area contributed by atoms with Gasteiger partial charge in [0.15, 0.2) is 0 Å². The van der Waals surface area contributed by atoms with Crippen LogP contribution in [0.2, 0.25) is 0 Å². The molecule has 0 amide bonds. The SMILES string of the molecule is N#Cc1ccc(C(O)Cn2nc(-c3ccc(F)cc3)oc2=O)cc1. The molecule has 24 heavy (non-hydrogen) atoms. The van der Waals surface area contributed by atoms with Gasteiger partial charge in [0.25, 0.3) is 0 Å². The monoisotopic (exact) mass is 325 g/mol. The minimum absolute atomic E-state index is 0.0482. The lowest BCUT2D eigenvalue weighted by Crippen LogP contribution is -2.20. The van der Waals surface area contributed by atoms with Gasteiger partial charge in [0.05, 0.1) is 24.3 Å². The van der Waals surface area contributed by atoms with Gasteiger partial charge >= 0.3 is 5.76 Å². The maximum absolute atomic E-state index is 12.9. The molecule has 0 saturated heterocycles. The van der Waals surface area contributed by atoms with Crippen molar-refractivity contribution in [3.8, 4) is 17.5 Å². The molecule has 2 aromatic carbocycles. The smallest absolute Gasteiger partial charge is 0.388 e. The lowest BCUT2D eigenvalue weighted by Gasteiger charge is -2.09. The van der Waals surface area contributed by atoms with Gasteiger partial charge in [-0.1, -0.05) is 12.1 Å². The molecule has 120 valence electrons. The predicted molar refractivity (Wildman–Crippen MR) is 82.3 cm³/mol. The fourth-order valence-electron chi connectivity index (χ4n) is 2.18. The molecule has 0 radical (unpaired) electrons. The Morgan fingerprint density at radius 1 is 1.21 bits per heavy atom. The molecule has 6 nitrogen and oxygen atoms in total. The summed E-state index contributed by atoms with van der Waals surface area (Å²) >= 11 is 0. The molecule has 0 aliphatic heterocycles. The zero-order valence-electron chi connectivity index (χ0n) is 12.4. The third kappa shape index (κ3) is 3.24. The molecule has 3 rings (SSSR count). The summed E-state index contributed by atoms with van der Waals surface area (Å²) in [4.78, 5) is 11.9. The average molecular weight is 325 g/mol. The van der Waals surface area contributed by atoms with Crippen LogP contribution in [0.15, 0.2) is 57.7 Å². The third-order valence-electron chi connectivity index (χ3n) is 3.47. The Balaban J connectivity index is 1.81. The van der Waals surface area contributed by atoms with E-state index in [4.69, 9.17) is 9.68 Å². The van der Waals surface area contributed by atoms with Gasteiger partial charge in [-0.2, -0.15) is 9.94 Å². The van der Waals surface area contributed by atoms with Crippen LogP contribution in [0.5, 0.6) is 0 Å². The summed E-state index contributed by atoms with van der Waals surface area (Å²) in [5.74, 6) is -1.08. The quantitative estimate of drug-likeness (QED) is 0.794. The number of aliphatic hydroxyl groups excluding tert-OH is 1. The topological polar surface area (TPSA) is 92.0 Å². The van der Waals surface area contributed by atoms with E-state index >= 15 is 0 Å². The highest BCUT2D eigenvalue weighted by atomic mass is 19.1. The molecule has 1 N–H and O–H groups in total. The van der Waals surface area contributed by atoms with E-state index < -0.39 is 17.7 Å². The van der Waals surface area contributed by atoms with Crippen molar-refractivity contribution >= 4 is 0 Å². The molecule has 1 aromatic heterocycles. The largest absolute Gasteiger partial charge is 0.437 e. The number of nitriles is 1. The van der Waals surface area contributed by atoms with Gasteiger partial charge in [-0.05, 0) is 42.0 Å². The van der Waals surface area contributed by atoms with Crippen molar-refractivity contribution in [2.24, 2.45) is 0 Å². The highest BCUT2D eigenvalue weighted by Crippen LogP contribution is 2.18. The molecule has 0 aliphatic rings. The molecule has 3 aromatic rings. The van der Waals surface area contributed by atoms with Crippen LogP contribution in [0.4, 0.5) is 4.39 Å². The van der Waals surface area contributed by atoms with Crippen LogP contribution < -0.4 is 5.76 Å². The fraction of sp³-hybridized carbons (Fsp3) is 0.118. The number of aromatic nitrogens is 2. The van der Waals surface area contributed by atoms with Crippen LogP contribution >= 0.6 is 0 Å². The predicted octanol–water partition coefficient (Wildman–Crippen LogP) is 2.25. The van der Waals surface area contributed by atoms with Crippen molar-refractivity contribution in [1.82, 2.24) is 9.78 Å². The van der Waals surface area contributed by atoms with E-state index in [0.717, 1.165) is 4.68 Å². The second kappa shape index (κ2) is 6.48.